The summed E-state index contributed by atoms with van der Waals surface area (Å²) in [6, 6.07) is 22.9. The molecule has 1 atom stereocenters. The molecule has 8 heteroatoms. The predicted molar refractivity (Wildman–Crippen MR) is 145 cm³/mol. The molecule has 4 aromatic rings. The molecule has 0 saturated heterocycles. The Labute approximate surface area is 219 Å². The number of aryl methyl sites for hydroxylation is 1. The Bertz CT molecular complexity index is 1360. The van der Waals surface area contributed by atoms with Crippen molar-refractivity contribution in [3.05, 3.63) is 99.9 Å². The van der Waals surface area contributed by atoms with E-state index in [1.165, 1.54) is 11.9 Å². The standard InChI is InChI=1S/C28H26ClN3O3S/c1-3-24-25(19-12-14-21(29)15-13-19)31-28(36-24)30-22-11-7-10-20(17-22)26(33)32(2)23(27(34)35)16-18-8-5-4-6-9-18/h4-15,17,23H,3,16H2,1-2H3,(H,30,31)(H,34,35)/t23-/m0/s1. The number of carbonyl (C=O) groups excluding carboxylic acids is 1. The highest BCUT2D eigenvalue weighted by molar-refractivity contribution is 7.16. The summed E-state index contributed by atoms with van der Waals surface area (Å²) in [6.45, 7) is 2.08. The Morgan fingerprint density at radius 2 is 1.78 bits per heavy atom. The average Bonchev–Trinajstić information content (AvgIpc) is 3.30. The van der Waals surface area contributed by atoms with E-state index < -0.39 is 12.0 Å². The van der Waals surface area contributed by atoms with Crippen molar-refractivity contribution in [1.29, 1.82) is 0 Å². The lowest BCUT2D eigenvalue weighted by atomic mass is 10.0. The van der Waals surface area contributed by atoms with Crippen LogP contribution in [0.1, 0.15) is 27.7 Å². The predicted octanol–water partition coefficient (Wildman–Crippen LogP) is 6.54. The molecule has 36 heavy (non-hydrogen) atoms. The Morgan fingerprint density at radius 3 is 2.44 bits per heavy atom. The molecule has 0 fully saturated rings. The van der Waals surface area contributed by atoms with E-state index in [4.69, 9.17) is 16.6 Å². The van der Waals surface area contributed by atoms with Crippen LogP contribution in [0.5, 0.6) is 0 Å². The molecule has 0 bridgehead atoms. The summed E-state index contributed by atoms with van der Waals surface area (Å²) in [5.41, 5.74) is 3.84. The van der Waals surface area contributed by atoms with Gasteiger partial charge in [0.15, 0.2) is 5.13 Å². The maximum atomic E-state index is 13.2. The van der Waals surface area contributed by atoms with Gasteiger partial charge in [0, 0.05) is 40.2 Å². The normalized spacial score (nSPS) is 11.6. The number of hydrogen-bond acceptors (Lipinski definition) is 5. The molecule has 4 rings (SSSR count). The number of carbonyl (C=O) groups is 2. The van der Waals surface area contributed by atoms with Gasteiger partial charge in [0.05, 0.1) is 5.69 Å². The third-order valence-electron chi connectivity index (χ3n) is 5.84. The Hall–Kier alpha value is -3.68. The third kappa shape index (κ3) is 5.93. The van der Waals surface area contributed by atoms with Crippen LogP contribution in [-0.4, -0.2) is 40.0 Å². The number of nitrogens with zero attached hydrogens (tertiary/aromatic N) is 2. The summed E-state index contributed by atoms with van der Waals surface area (Å²) in [4.78, 5) is 32.4. The quantitative estimate of drug-likeness (QED) is 0.262. The largest absolute Gasteiger partial charge is 0.480 e. The van der Waals surface area contributed by atoms with Crippen LogP contribution < -0.4 is 5.32 Å². The summed E-state index contributed by atoms with van der Waals surface area (Å²) in [5.74, 6) is -1.41. The van der Waals surface area contributed by atoms with Crippen LogP contribution in [0.4, 0.5) is 10.8 Å². The molecule has 2 N–H and O–H groups in total. The first-order valence-corrected chi connectivity index (χ1v) is 12.7. The highest BCUT2D eigenvalue weighted by Gasteiger charge is 2.27. The number of carboxylic acid groups (broad SMARTS) is 1. The van der Waals surface area contributed by atoms with Crippen LogP contribution in [0.3, 0.4) is 0 Å². The lowest BCUT2D eigenvalue weighted by Gasteiger charge is -2.25. The number of aromatic nitrogens is 1. The Morgan fingerprint density at radius 1 is 1.06 bits per heavy atom. The number of likely N-dealkylation sites (N-methyl/N-ethyl adjacent to an activating group) is 1. The molecule has 0 aliphatic carbocycles. The van der Waals surface area contributed by atoms with Crippen molar-refractivity contribution >= 4 is 45.6 Å². The van der Waals surface area contributed by atoms with Crippen molar-refractivity contribution in [2.45, 2.75) is 25.8 Å². The Kier molecular flexibility index (Phi) is 8.03. The maximum Gasteiger partial charge on any atom is 0.326 e. The van der Waals surface area contributed by atoms with Gasteiger partial charge < -0.3 is 15.3 Å². The molecule has 0 spiro atoms. The zero-order valence-corrected chi connectivity index (χ0v) is 21.5. The van der Waals surface area contributed by atoms with E-state index >= 15 is 0 Å². The monoisotopic (exact) mass is 519 g/mol. The van der Waals surface area contributed by atoms with E-state index in [9.17, 15) is 14.7 Å². The first-order valence-electron chi connectivity index (χ1n) is 11.5. The van der Waals surface area contributed by atoms with Crippen LogP contribution in [-0.2, 0) is 17.6 Å². The van der Waals surface area contributed by atoms with Gasteiger partial charge in [0.2, 0.25) is 0 Å². The minimum Gasteiger partial charge on any atom is -0.480 e. The molecule has 1 amide bonds. The van der Waals surface area contributed by atoms with E-state index in [-0.39, 0.29) is 12.3 Å². The van der Waals surface area contributed by atoms with Gasteiger partial charge >= 0.3 is 5.97 Å². The van der Waals surface area contributed by atoms with Gasteiger partial charge in [-0.2, -0.15) is 0 Å². The molecule has 0 unspecified atom stereocenters. The SMILES string of the molecule is CCc1sc(Nc2cccc(C(=O)N(C)[C@@H](Cc3ccccc3)C(=O)O)c2)nc1-c1ccc(Cl)cc1. The molecule has 1 heterocycles. The van der Waals surface area contributed by atoms with E-state index in [0.29, 0.717) is 21.4 Å². The minimum absolute atomic E-state index is 0.225. The second-order valence-corrected chi connectivity index (χ2v) is 9.84. The number of anilines is 2. The van der Waals surface area contributed by atoms with Crippen molar-refractivity contribution in [3.63, 3.8) is 0 Å². The topological polar surface area (TPSA) is 82.5 Å². The lowest BCUT2D eigenvalue weighted by molar-refractivity contribution is -0.141. The molecular weight excluding hydrogens is 494 g/mol. The van der Waals surface area contributed by atoms with Crippen LogP contribution in [0, 0.1) is 0 Å². The molecule has 0 aliphatic rings. The highest BCUT2D eigenvalue weighted by Crippen LogP contribution is 2.33. The number of aliphatic carboxylic acids is 1. The smallest absolute Gasteiger partial charge is 0.326 e. The van der Waals surface area contributed by atoms with Crippen LogP contribution in [0.25, 0.3) is 11.3 Å². The zero-order valence-electron chi connectivity index (χ0n) is 19.9. The second-order valence-electron chi connectivity index (χ2n) is 8.32. The molecule has 3 aromatic carbocycles. The van der Waals surface area contributed by atoms with Gasteiger partial charge in [0.1, 0.15) is 6.04 Å². The van der Waals surface area contributed by atoms with Gasteiger partial charge in [-0.05, 0) is 42.3 Å². The van der Waals surface area contributed by atoms with E-state index in [1.807, 2.05) is 60.7 Å². The zero-order chi connectivity index (χ0) is 25.7. The van der Waals surface area contributed by atoms with E-state index in [0.717, 1.165) is 28.1 Å². The minimum atomic E-state index is -1.05. The summed E-state index contributed by atoms with van der Waals surface area (Å²) in [5, 5.41) is 14.5. The number of thiazole rings is 1. The van der Waals surface area contributed by atoms with Crippen molar-refractivity contribution in [2.24, 2.45) is 0 Å². The number of hydrogen-bond donors (Lipinski definition) is 2. The molecule has 0 saturated carbocycles. The number of carboxylic acids is 1. The first-order chi connectivity index (χ1) is 17.4. The number of benzene rings is 3. The fourth-order valence-electron chi connectivity index (χ4n) is 3.90. The lowest BCUT2D eigenvalue weighted by Crippen LogP contribution is -2.43. The number of nitrogens with one attached hydrogen (secondary N) is 1. The maximum absolute atomic E-state index is 13.2. The van der Waals surface area contributed by atoms with Gasteiger partial charge in [-0.15, -0.1) is 11.3 Å². The summed E-state index contributed by atoms with van der Waals surface area (Å²) in [6.07, 6.45) is 1.06. The van der Waals surface area contributed by atoms with Crippen molar-refractivity contribution in [3.8, 4) is 11.3 Å². The summed E-state index contributed by atoms with van der Waals surface area (Å²) >= 11 is 7.59. The number of halogens is 1. The van der Waals surface area contributed by atoms with E-state index in [1.54, 1.807) is 29.5 Å². The summed E-state index contributed by atoms with van der Waals surface area (Å²) in [7, 11) is 1.52. The van der Waals surface area contributed by atoms with Crippen molar-refractivity contribution in [1.82, 2.24) is 9.88 Å². The van der Waals surface area contributed by atoms with Crippen LogP contribution >= 0.6 is 22.9 Å². The van der Waals surface area contributed by atoms with Crippen molar-refractivity contribution in [2.75, 3.05) is 12.4 Å². The average molecular weight is 520 g/mol. The van der Waals surface area contributed by atoms with Gasteiger partial charge in [-0.1, -0.05) is 67.1 Å². The molecule has 184 valence electrons. The van der Waals surface area contributed by atoms with Crippen LogP contribution in [0.15, 0.2) is 78.9 Å². The van der Waals surface area contributed by atoms with E-state index in [2.05, 4.69) is 12.2 Å². The first kappa shape index (κ1) is 25.4. The molecule has 6 nitrogen and oxygen atoms in total. The number of amides is 1. The van der Waals surface area contributed by atoms with Gasteiger partial charge in [0.25, 0.3) is 5.91 Å². The molecular formula is C28H26ClN3O3S. The third-order valence-corrected chi connectivity index (χ3v) is 7.21. The molecule has 0 aliphatic heterocycles. The number of rotatable bonds is 9. The highest BCUT2D eigenvalue weighted by atomic mass is 35.5. The summed E-state index contributed by atoms with van der Waals surface area (Å²) < 4.78 is 0. The van der Waals surface area contributed by atoms with Gasteiger partial charge in [-0.25, -0.2) is 9.78 Å². The van der Waals surface area contributed by atoms with Crippen LogP contribution in [0.2, 0.25) is 5.02 Å². The van der Waals surface area contributed by atoms with Crippen molar-refractivity contribution < 1.29 is 14.7 Å². The second kappa shape index (κ2) is 11.4. The fraction of sp³-hybridized carbons (Fsp3) is 0.179. The molecule has 0 radical (unpaired) electrons. The fourth-order valence-corrected chi connectivity index (χ4v) is 4.97. The Balaban J connectivity index is 1.53. The van der Waals surface area contributed by atoms with Gasteiger partial charge in [-0.3, -0.25) is 4.79 Å². The molecule has 1 aromatic heterocycles.